The number of carbonyl (C=O) groups is 2. The Morgan fingerprint density at radius 1 is 1.37 bits per heavy atom. The average molecular weight is 265 g/mol. The van der Waals surface area contributed by atoms with E-state index in [0.717, 1.165) is 4.90 Å². The van der Waals surface area contributed by atoms with Crippen LogP contribution < -0.4 is 0 Å². The van der Waals surface area contributed by atoms with Crippen molar-refractivity contribution in [3.05, 3.63) is 47.0 Å². The topological polar surface area (TPSA) is 77.8 Å². The first-order chi connectivity index (χ1) is 8.97. The maximum Gasteiger partial charge on any atom is 0.291 e. The molecule has 1 aromatic rings. The molecular weight excluding hydrogens is 253 g/mol. The average Bonchev–Trinajstić information content (AvgIpc) is 2.63. The molecule has 0 aliphatic carbocycles. The van der Waals surface area contributed by atoms with Gasteiger partial charge >= 0.3 is 0 Å². The number of carbonyl (C=O) groups excluding carboxylic acids is 2. The Morgan fingerprint density at radius 2 is 1.95 bits per heavy atom. The van der Waals surface area contributed by atoms with E-state index < -0.39 is 36.0 Å². The SMILES string of the molecule is CC(=O)C1=C(O)C(=O)N(CO)[C@@H]1c1ccc(F)cc1. The van der Waals surface area contributed by atoms with Crippen molar-refractivity contribution in [2.75, 3.05) is 6.73 Å². The second kappa shape index (κ2) is 4.81. The highest BCUT2D eigenvalue weighted by atomic mass is 19.1. The molecule has 1 aliphatic heterocycles. The van der Waals surface area contributed by atoms with Crippen molar-refractivity contribution < 1.29 is 24.2 Å². The number of Topliss-reactive ketones (excluding diaryl/α,β-unsaturated/α-hetero) is 1. The second-order valence-electron chi connectivity index (χ2n) is 4.19. The molecule has 0 saturated heterocycles. The summed E-state index contributed by atoms with van der Waals surface area (Å²) in [5, 5.41) is 18.9. The van der Waals surface area contributed by atoms with E-state index in [9.17, 15) is 24.2 Å². The molecule has 0 radical (unpaired) electrons. The first kappa shape index (κ1) is 13.2. The van der Waals surface area contributed by atoms with Crippen LogP contribution in [0.15, 0.2) is 35.6 Å². The molecule has 0 saturated carbocycles. The van der Waals surface area contributed by atoms with Crippen molar-refractivity contribution in [3.8, 4) is 0 Å². The number of aliphatic hydroxyl groups is 2. The second-order valence-corrected chi connectivity index (χ2v) is 4.19. The fraction of sp³-hybridized carbons (Fsp3) is 0.231. The van der Waals surface area contributed by atoms with Gasteiger partial charge in [0.2, 0.25) is 0 Å². The van der Waals surface area contributed by atoms with Crippen molar-refractivity contribution in [1.82, 2.24) is 4.90 Å². The zero-order valence-corrected chi connectivity index (χ0v) is 10.1. The van der Waals surface area contributed by atoms with Gasteiger partial charge in [-0.15, -0.1) is 0 Å². The summed E-state index contributed by atoms with van der Waals surface area (Å²) in [5.41, 5.74) is 0.351. The predicted molar refractivity (Wildman–Crippen MR) is 63.4 cm³/mol. The molecule has 100 valence electrons. The first-order valence-electron chi connectivity index (χ1n) is 5.58. The van der Waals surface area contributed by atoms with Crippen LogP contribution in [0.4, 0.5) is 4.39 Å². The van der Waals surface area contributed by atoms with Crippen LogP contribution in [0.1, 0.15) is 18.5 Å². The minimum Gasteiger partial charge on any atom is -0.503 e. The Balaban J connectivity index is 2.54. The molecule has 1 atom stereocenters. The highest BCUT2D eigenvalue weighted by molar-refractivity contribution is 6.08. The summed E-state index contributed by atoms with van der Waals surface area (Å²) < 4.78 is 12.9. The maximum absolute atomic E-state index is 12.9. The van der Waals surface area contributed by atoms with Gasteiger partial charge in [0.05, 0.1) is 11.6 Å². The molecule has 1 amide bonds. The number of rotatable bonds is 3. The molecule has 1 aromatic carbocycles. The van der Waals surface area contributed by atoms with Gasteiger partial charge in [0.25, 0.3) is 5.91 Å². The van der Waals surface area contributed by atoms with Crippen LogP contribution in [0.2, 0.25) is 0 Å². The van der Waals surface area contributed by atoms with E-state index in [2.05, 4.69) is 0 Å². The molecule has 2 rings (SSSR count). The molecule has 6 heteroatoms. The number of aliphatic hydroxyl groups excluding tert-OH is 2. The molecule has 0 bridgehead atoms. The molecule has 1 aliphatic rings. The van der Waals surface area contributed by atoms with Gasteiger partial charge in [-0.05, 0) is 24.6 Å². The molecule has 0 aromatic heterocycles. The smallest absolute Gasteiger partial charge is 0.291 e. The summed E-state index contributed by atoms with van der Waals surface area (Å²) in [6, 6.07) is 4.27. The molecule has 2 N–H and O–H groups in total. The van der Waals surface area contributed by atoms with E-state index in [1.807, 2.05) is 0 Å². The maximum atomic E-state index is 12.9. The lowest BCUT2D eigenvalue weighted by molar-refractivity contribution is -0.133. The minimum absolute atomic E-state index is 0.0920. The lowest BCUT2D eigenvalue weighted by Gasteiger charge is -2.24. The minimum atomic E-state index is -0.893. The highest BCUT2D eigenvalue weighted by Gasteiger charge is 2.41. The Morgan fingerprint density at radius 3 is 2.42 bits per heavy atom. The summed E-state index contributed by atoms with van der Waals surface area (Å²) in [6.45, 7) is 0.567. The van der Waals surface area contributed by atoms with Crippen LogP contribution in [0, 0.1) is 5.82 Å². The summed E-state index contributed by atoms with van der Waals surface area (Å²) in [5.74, 6) is -2.42. The standard InChI is InChI=1S/C13H12FNO4/c1-7(17)10-11(8-2-4-9(14)5-3-8)15(6-16)13(19)12(10)18/h2-5,11,16,18H,6H2,1H3/t11-/m1/s1. The Hall–Kier alpha value is -2.21. The van der Waals surface area contributed by atoms with Crippen LogP contribution in [0.5, 0.6) is 0 Å². The zero-order chi connectivity index (χ0) is 14.2. The van der Waals surface area contributed by atoms with Crippen LogP contribution in [-0.4, -0.2) is 33.5 Å². The van der Waals surface area contributed by atoms with Crippen LogP contribution in [-0.2, 0) is 9.59 Å². The zero-order valence-electron chi connectivity index (χ0n) is 10.1. The number of amides is 1. The summed E-state index contributed by atoms with van der Waals surface area (Å²) in [4.78, 5) is 24.2. The molecular formula is C13H12FNO4. The summed E-state index contributed by atoms with van der Waals surface area (Å²) in [6.07, 6.45) is 0. The monoisotopic (exact) mass is 265 g/mol. The van der Waals surface area contributed by atoms with E-state index in [0.29, 0.717) is 5.56 Å². The molecule has 5 nitrogen and oxygen atoms in total. The Labute approximate surface area is 108 Å². The number of hydrogen-bond acceptors (Lipinski definition) is 4. The van der Waals surface area contributed by atoms with Gasteiger partial charge in [-0.25, -0.2) is 4.39 Å². The van der Waals surface area contributed by atoms with Crippen molar-refractivity contribution in [2.45, 2.75) is 13.0 Å². The number of nitrogens with zero attached hydrogens (tertiary/aromatic N) is 1. The van der Waals surface area contributed by atoms with Gasteiger partial charge in [0, 0.05) is 0 Å². The van der Waals surface area contributed by atoms with E-state index in [-0.39, 0.29) is 5.57 Å². The summed E-state index contributed by atoms with van der Waals surface area (Å²) >= 11 is 0. The molecule has 1 heterocycles. The van der Waals surface area contributed by atoms with Gasteiger partial charge in [0.15, 0.2) is 11.5 Å². The van der Waals surface area contributed by atoms with Gasteiger partial charge in [-0.1, -0.05) is 12.1 Å². The van der Waals surface area contributed by atoms with Crippen LogP contribution in [0.3, 0.4) is 0 Å². The van der Waals surface area contributed by atoms with E-state index in [4.69, 9.17) is 0 Å². The van der Waals surface area contributed by atoms with Crippen molar-refractivity contribution >= 4 is 11.7 Å². The third-order valence-electron chi connectivity index (χ3n) is 3.02. The Bertz CT molecular complexity index is 565. The third-order valence-corrected chi connectivity index (χ3v) is 3.02. The number of benzene rings is 1. The van der Waals surface area contributed by atoms with Crippen LogP contribution in [0.25, 0.3) is 0 Å². The largest absolute Gasteiger partial charge is 0.503 e. The number of ketones is 1. The van der Waals surface area contributed by atoms with Crippen molar-refractivity contribution in [3.63, 3.8) is 0 Å². The van der Waals surface area contributed by atoms with Crippen LogP contribution >= 0.6 is 0 Å². The van der Waals surface area contributed by atoms with E-state index >= 15 is 0 Å². The van der Waals surface area contributed by atoms with Crippen molar-refractivity contribution in [2.24, 2.45) is 0 Å². The molecule has 0 spiro atoms. The number of hydrogen-bond donors (Lipinski definition) is 2. The van der Waals surface area contributed by atoms with Gasteiger partial charge < -0.3 is 15.1 Å². The van der Waals surface area contributed by atoms with Gasteiger partial charge in [-0.2, -0.15) is 0 Å². The fourth-order valence-corrected chi connectivity index (χ4v) is 2.15. The lowest BCUT2D eigenvalue weighted by atomic mass is 9.97. The third kappa shape index (κ3) is 2.10. The highest BCUT2D eigenvalue weighted by Crippen LogP contribution is 2.36. The first-order valence-corrected chi connectivity index (χ1v) is 5.58. The normalized spacial score (nSPS) is 19.2. The Kier molecular flexibility index (Phi) is 3.35. The molecule has 19 heavy (non-hydrogen) atoms. The summed E-state index contributed by atoms with van der Waals surface area (Å²) in [7, 11) is 0. The van der Waals surface area contributed by atoms with Crippen molar-refractivity contribution in [1.29, 1.82) is 0 Å². The number of halogens is 1. The van der Waals surface area contributed by atoms with Gasteiger partial charge in [-0.3, -0.25) is 9.59 Å². The fourth-order valence-electron chi connectivity index (χ4n) is 2.15. The van der Waals surface area contributed by atoms with E-state index in [1.165, 1.54) is 31.2 Å². The van der Waals surface area contributed by atoms with Gasteiger partial charge in [0.1, 0.15) is 12.5 Å². The quantitative estimate of drug-likeness (QED) is 0.856. The molecule has 0 fully saturated rings. The molecule has 0 unspecified atom stereocenters. The van der Waals surface area contributed by atoms with E-state index in [1.54, 1.807) is 0 Å². The lowest BCUT2D eigenvalue weighted by Crippen LogP contribution is -2.31. The predicted octanol–water partition coefficient (Wildman–Crippen LogP) is 1.06.